The Balaban J connectivity index is 1.75. The molecular weight excluding hydrogens is 574 g/mol. The fourth-order valence-corrected chi connectivity index (χ4v) is 6.28. The lowest BCUT2D eigenvalue weighted by Crippen LogP contribution is -2.54. The summed E-state index contributed by atoms with van der Waals surface area (Å²) < 4.78 is 32.5. The van der Waals surface area contributed by atoms with E-state index < -0.39 is 28.5 Å². The highest BCUT2D eigenvalue weighted by Gasteiger charge is 2.35. The van der Waals surface area contributed by atoms with Crippen molar-refractivity contribution in [3.05, 3.63) is 94.5 Å². The molecule has 42 heavy (non-hydrogen) atoms. The molecule has 0 saturated heterocycles. The number of rotatable bonds is 12. The fraction of sp³-hybridized carbons (Fsp3) is 0.375. The summed E-state index contributed by atoms with van der Waals surface area (Å²) in [4.78, 5) is 29.7. The van der Waals surface area contributed by atoms with Crippen molar-refractivity contribution in [3.63, 3.8) is 0 Å². The standard InChI is InChI=1S/C32H38ClN3O5S/c1-23-13-15-25(16-14-23)21-35(29(19-24-9-5-4-6-10-24)32(38)34-27-11-7-8-12-27)31(37)22-36(42(3,39)40)28-20-26(33)17-18-30(28)41-2/h4-6,9-10,13-18,20,27,29H,7-8,11-12,19,21-22H2,1-3H3,(H,34,38)/t29-/m1/s1. The molecule has 1 atom stereocenters. The van der Waals surface area contributed by atoms with E-state index in [0.717, 1.165) is 52.9 Å². The van der Waals surface area contributed by atoms with Gasteiger partial charge in [-0.2, -0.15) is 0 Å². The summed E-state index contributed by atoms with van der Waals surface area (Å²) in [6.45, 7) is 1.56. The van der Waals surface area contributed by atoms with Crippen molar-refractivity contribution in [2.24, 2.45) is 0 Å². The topological polar surface area (TPSA) is 96.0 Å². The van der Waals surface area contributed by atoms with Gasteiger partial charge in [-0.15, -0.1) is 0 Å². The molecule has 1 aliphatic carbocycles. The molecule has 3 aromatic carbocycles. The lowest BCUT2D eigenvalue weighted by molar-refractivity contribution is -0.140. The van der Waals surface area contributed by atoms with E-state index in [-0.39, 0.29) is 36.4 Å². The monoisotopic (exact) mass is 611 g/mol. The molecule has 10 heteroatoms. The van der Waals surface area contributed by atoms with Crippen LogP contribution in [-0.2, 0) is 32.6 Å². The summed E-state index contributed by atoms with van der Waals surface area (Å²) in [5.74, 6) is -0.523. The van der Waals surface area contributed by atoms with Crippen molar-refractivity contribution >= 4 is 39.1 Å². The number of nitrogens with one attached hydrogen (secondary N) is 1. The van der Waals surface area contributed by atoms with Gasteiger partial charge in [-0.1, -0.05) is 84.6 Å². The Morgan fingerprint density at radius 3 is 2.29 bits per heavy atom. The smallest absolute Gasteiger partial charge is 0.244 e. The van der Waals surface area contributed by atoms with Crippen molar-refractivity contribution in [1.29, 1.82) is 0 Å². The number of amides is 2. The number of halogens is 1. The van der Waals surface area contributed by atoms with E-state index in [4.69, 9.17) is 16.3 Å². The minimum Gasteiger partial charge on any atom is -0.495 e. The number of ether oxygens (including phenoxy) is 1. The number of sulfonamides is 1. The number of anilines is 1. The van der Waals surface area contributed by atoms with E-state index in [0.29, 0.717) is 5.02 Å². The van der Waals surface area contributed by atoms with Crippen LogP contribution in [0.1, 0.15) is 42.4 Å². The molecule has 1 aliphatic rings. The van der Waals surface area contributed by atoms with Crippen LogP contribution in [0, 0.1) is 6.92 Å². The summed E-state index contributed by atoms with van der Waals surface area (Å²) in [5, 5.41) is 3.46. The first-order chi connectivity index (χ1) is 20.0. The molecule has 0 bridgehead atoms. The quantitative estimate of drug-likeness (QED) is 0.307. The Morgan fingerprint density at radius 2 is 1.67 bits per heavy atom. The van der Waals surface area contributed by atoms with Crippen LogP contribution in [0.15, 0.2) is 72.8 Å². The van der Waals surface area contributed by atoms with Crippen molar-refractivity contribution < 1.29 is 22.7 Å². The van der Waals surface area contributed by atoms with Gasteiger partial charge in [0.1, 0.15) is 18.3 Å². The maximum Gasteiger partial charge on any atom is 0.244 e. The number of benzene rings is 3. The Hall–Kier alpha value is -3.56. The number of aryl methyl sites for hydroxylation is 1. The van der Waals surface area contributed by atoms with Crippen molar-refractivity contribution in [1.82, 2.24) is 10.2 Å². The summed E-state index contributed by atoms with van der Waals surface area (Å²) in [5.41, 5.74) is 2.92. The summed E-state index contributed by atoms with van der Waals surface area (Å²) in [6, 6.07) is 21.0. The van der Waals surface area contributed by atoms with Crippen LogP contribution in [0.25, 0.3) is 0 Å². The van der Waals surface area contributed by atoms with Gasteiger partial charge in [0, 0.05) is 24.0 Å². The molecular formula is C32H38ClN3O5S. The Kier molecular flexibility index (Phi) is 10.5. The van der Waals surface area contributed by atoms with Crippen LogP contribution in [-0.4, -0.2) is 57.1 Å². The normalized spacial score (nSPS) is 14.3. The predicted octanol–water partition coefficient (Wildman–Crippen LogP) is 5.12. The molecule has 3 aromatic rings. The molecule has 2 amide bonds. The third kappa shape index (κ3) is 8.26. The van der Waals surface area contributed by atoms with E-state index in [2.05, 4.69) is 5.32 Å². The first-order valence-electron chi connectivity index (χ1n) is 14.1. The molecule has 4 rings (SSSR count). The first-order valence-corrected chi connectivity index (χ1v) is 16.3. The molecule has 0 radical (unpaired) electrons. The van der Waals surface area contributed by atoms with Crippen LogP contribution in [0.5, 0.6) is 5.75 Å². The third-order valence-electron chi connectivity index (χ3n) is 7.53. The van der Waals surface area contributed by atoms with E-state index in [1.54, 1.807) is 12.1 Å². The van der Waals surface area contributed by atoms with Gasteiger partial charge in [0.05, 0.1) is 19.1 Å². The highest BCUT2D eigenvalue weighted by Crippen LogP contribution is 2.33. The second-order valence-electron chi connectivity index (χ2n) is 10.8. The van der Waals surface area contributed by atoms with Crippen LogP contribution in [0.4, 0.5) is 5.69 Å². The largest absolute Gasteiger partial charge is 0.495 e. The van der Waals surface area contributed by atoms with Gasteiger partial charge in [-0.25, -0.2) is 8.42 Å². The minimum atomic E-state index is -3.95. The Morgan fingerprint density at radius 1 is 1.00 bits per heavy atom. The van der Waals surface area contributed by atoms with Gasteiger partial charge in [-0.05, 0) is 49.1 Å². The summed E-state index contributed by atoms with van der Waals surface area (Å²) >= 11 is 6.23. The molecule has 0 aromatic heterocycles. The predicted molar refractivity (Wildman–Crippen MR) is 166 cm³/mol. The number of nitrogens with zero attached hydrogens (tertiary/aromatic N) is 2. The lowest BCUT2D eigenvalue weighted by Gasteiger charge is -2.34. The van der Waals surface area contributed by atoms with Gasteiger partial charge in [-0.3, -0.25) is 13.9 Å². The maximum absolute atomic E-state index is 14.3. The minimum absolute atomic E-state index is 0.0512. The molecule has 1 N–H and O–H groups in total. The Labute approximate surface area is 253 Å². The molecule has 224 valence electrons. The van der Waals surface area contributed by atoms with Crippen molar-refractivity contribution in [2.75, 3.05) is 24.2 Å². The average Bonchev–Trinajstić information content (AvgIpc) is 3.47. The zero-order chi connectivity index (χ0) is 30.3. The summed E-state index contributed by atoms with van der Waals surface area (Å²) in [6.07, 6.45) is 5.18. The van der Waals surface area contributed by atoms with Crippen LogP contribution < -0.4 is 14.4 Å². The molecule has 1 fully saturated rings. The maximum atomic E-state index is 14.3. The Bertz CT molecular complexity index is 1480. The molecule has 0 spiro atoms. The van der Waals surface area contributed by atoms with E-state index in [1.165, 1.54) is 18.1 Å². The first kappa shape index (κ1) is 31.4. The van der Waals surface area contributed by atoms with Crippen LogP contribution in [0.3, 0.4) is 0 Å². The van der Waals surface area contributed by atoms with Gasteiger partial charge < -0.3 is 15.0 Å². The average molecular weight is 612 g/mol. The zero-order valence-electron chi connectivity index (χ0n) is 24.3. The van der Waals surface area contributed by atoms with Gasteiger partial charge in [0.2, 0.25) is 21.8 Å². The van der Waals surface area contributed by atoms with E-state index in [9.17, 15) is 18.0 Å². The van der Waals surface area contributed by atoms with Crippen molar-refractivity contribution in [2.45, 2.75) is 57.7 Å². The van der Waals surface area contributed by atoms with Crippen molar-refractivity contribution in [3.8, 4) is 5.75 Å². The zero-order valence-corrected chi connectivity index (χ0v) is 25.8. The van der Waals surface area contributed by atoms with Gasteiger partial charge in [0.15, 0.2) is 0 Å². The molecule has 8 nitrogen and oxygen atoms in total. The molecule has 0 heterocycles. The fourth-order valence-electron chi connectivity index (χ4n) is 5.26. The number of hydrogen-bond acceptors (Lipinski definition) is 5. The molecule has 0 unspecified atom stereocenters. The van der Waals surface area contributed by atoms with Crippen LogP contribution in [0.2, 0.25) is 5.02 Å². The highest BCUT2D eigenvalue weighted by molar-refractivity contribution is 7.92. The number of methoxy groups -OCH3 is 1. The van der Waals surface area contributed by atoms with Gasteiger partial charge >= 0.3 is 0 Å². The number of carbonyl (C=O) groups is 2. The number of hydrogen-bond donors (Lipinski definition) is 1. The van der Waals surface area contributed by atoms with E-state index >= 15 is 0 Å². The summed E-state index contributed by atoms with van der Waals surface area (Å²) in [7, 11) is -2.53. The third-order valence-corrected chi connectivity index (χ3v) is 8.90. The molecule has 0 aliphatic heterocycles. The van der Waals surface area contributed by atoms with Gasteiger partial charge in [0.25, 0.3) is 0 Å². The van der Waals surface area contributed by atoms with E-state index in [1.807, 2.05) is 61.5 Å². The highest BCUT2D eigenvalue weighted by atomic mass is 35.5. The lowest BCUT2D eigenvalue weighted by atomic mass is 10.0. The SMILES string of the molecule is COc1ccc(Cl)cc1N(CC(=O)N(Cc1ccc(C)cc1)[C@H](Cc1ccccc1)C(=O)NC1CCCC1)S(C)(=O)=O. The molecule has 1 saturated carbocycles. The second-order valence-corrected chi connectivity index (χ2v) is 13.1. The van der Waals surface area contributed by atoms with Crippen LogP contribution >= 0.6 is 11.6 Å². The second kappa shape index (κ2) is 14.1. The number of carbonyl (C=O) groups excluding carboxylic acids is 2.